The normalized spacial score (nSPS) is 16.4. The van der Waals surface area contributed by atoms with Crippen LogP contribution in [-0.2, 0) is 4.79 Å². The van der Waals surface area contributed by atoms with Crippen molar-refractivity contribution in [3.8, 4) is 5.69 Å². The van der Waals surface area contributed by atoms with Gasteiger partial charge in [0, 0.05) is 24.0 Å². The van der Waals surface area contributed by atoms with Gasteiger partial charge in [-0.2, -0.15) is 5.10 Å². The molecule has 0 radical (unpaired) electrons. The first kappa shape index (κ1) is 15.5. The van der Waals surface area contributed by atoms with Crippen molar-refractivity contribution in [3.05, 3.63) is 77.0 Å². The molecular formula is C19H15F2N3O. The predicted octanol–water partition coefficient (Wildman–Crippen LogP) is 3.93. The van der Waals surface area contributed by atoms with Gasteiger partial charge in [0.15, 0.2) is 0 Å². The molecule has 0 unspecified atom stereocenters. The zero-order valence-electron chi connectivity index (χ0n) is 13.5. The summed E-state index contributed by atoms with van der Waals surface area (Å²) < 4.78 is 29.1. The van der Waals surface area contributed by atoms with Crippen molar-refractivity contribution in [2.24, 2.45) is 0 Å². The summed E-state index contributed by atoms with van der Waals surface area (Å²) >= 11 is 0. The van der Waals surface area contributed by atoms with Crippen molar-refractivity contribution in [2.75, 3.05) is 5.32 Å². The number of benzene rings is 2. The summed E-state index contributed by atoms with van der Waals surface area (Å²) in [7, 11) is 0. The molecule has 3 aromatic rings. The lowest BCUT2D eigenvalue weighted by atomic mass is 9.87. The third kappa shape index (κ3) is 2.69. The van der Waals surface area contributed by atoms with Gasteiger partial charge >= 0.3 is 0 Å². The van der Waals surface area contributed by atoms with E-state index in [4.69, 9.17) is 0 Å². The maximum Gasteiger partial charge on any atom is 0.226 e. The number of hydrogen-bond acceptors (Lipinski definition) is 2. The lowest BCUT2D eigenvalue weighted by Crippen LogP contribution is -2.25. The third-order valence-corrected chi connectivity index (χ3v) is 4.44. The summed E-state index contributed by atoms with van der Waals surface area (Å²) in [5.41, 5.74) is 2.92. The van der Waals surface area contributed by atoms with E-state index in [1.165, 1.54) is 12.1 Å². The number of aromatic nitrogens is 2. The zero-order chi connectivity index (χ0) is 17.6. The summed E-state index contributed by atoms with van der Waals surface area (Å²) in [6, 6.07) is 11.1. The Balaban J connectivity index is 1.82. The molecule has 0 bridgehead atoms. The number of nitrogens with one attached hydrogen (secondary N) is 1. The fourth-order valence-corrected chi connectivity index (χ4v) is 3.16. The highest BCUT2D eigenvalue weighted by molar-refractivity contribution is 5.94. The molecule has 25 heavy (non-hydrogen) atoms. The van der Waals surface area contributed by atoms with Crippen LogP contribution in [0.1, 0.15) is 29.0 Å². The van der Waals surface area contributed by atoms with Gasteiger partial charge in [0.1, 0.15) is 17.5 Å². The van der Waals surface area contributed by atoms with Crippen LogP contribution in [0.2, 0.25) is 0 Å². The van der Waals surface area contributed by atoms with Crippen LogP contribution in [0.4, 0.5) is 14.6 Å². The standard InChI is InChI=1S/C19H15F2N3O/c1-11-2-5-13(6-3-11)24-19-16(10-22-24)15(9-18(25)23-19)14-7-4-12(20)8-17(14)21/h2-8,10,15H,9H2,1H3,(H,23,25)/t15-/m0/s1. The number of fused-ring (bicyclic) bond motifs is 1. The van der Waals surface area contributed by atoms with Crippen LogP contribution >= 0.6 is 0 Å². The van der Waals surface area contributed by atoms with E-state index in [0.717, 1.165) is 17.3 Å². The molecule has 6 heteroatoms. The molecule has 1 atom stereocenters. The molecule has 1 N–H and O–H groups in total. The Kier molecular flexibility index (Phi) is 3.60. The quantitative estimate of drug-likeness (QED) is 0.769. The van der Waals surface area contributed by atoms with Gasteiger partial charge in [-0.15, -0.1) is 0 Å². The fourth-order valence-electron chi connectivity index (χ4n) is 3.16. The summed E-state index contributed by atoms with van der Waals surface area (Å²) in [5, 5.41) is 7.18. The Labute approximate surface area is 143 Å². The molecule has 2 heterocycles. The van der Waals surface area contributed by atoms with Crippen molar-refractivity contribution < 1.29 is 13.6 Å². The number of amides is 1. The van der Waals surface area contributed by atoms with E-state index in [-0.39, 0.29) is 12.3 Å². The molecular weight excluding hydrogens is 324 g/mol. The number of carbonyl (C=O) groups excluding carboxylic acids is 1. The lowest BCUT2D eigenvalue weighted by Gasteiger charge is -2.24. The average molecular weight is 339 g/mol. The molecule has 1 aromatic heterocycles. The van der Waals surface area contributed by atoms with Crippen LogP contribution in [0.15, 0.2) is 48.7 Å². The van der Waals surface area contributed by atoms with E-state index in [9.17, 15) is 13.6 Å². The number of rotatable bonds is 2. The summed E-state index contributed by atoms with van der Waals surface area (Å²) in [6.45, 7) is 1.98. The predicted molar refractivity (Wildman–Crippen MR) is 89.7 cm³/mol. The van der Waals surface area contributed by atoms with Crippen molar-refractivity contribution in [3.63, 3.8) is 0 Å². The fraction of sp³-hybridized carbons (Fsp3) is 0.158. The van der Waals surface area contributed by atoms with Gasteiger partial charge in [-0.05, 0) is 30.7 Å². The van der Waals surface area contributed by atoms with E-state index < -0.39 is 17.6 Å². The zero-order valence-corrected chi connectivity index (χ0v) is 13.5. The van der Waals surface area contributed by atoms with Gasteiger partial charge in [-0.1, -0.05) is 23.8 Å². The molecule has 2 aromatic carbocycles. The summed E-state index contributed by atoms with van der Waals surface area (Å²) in [5.74, 6) is -1.50. The Morgan fingerprint density at radius 2 is 1.88 bits per heavy atom. The van der Waals surface area contributed by atoms with Crippen molar-refractivity contribution >= 4 is 11.7 Å². The highest BCUT2D eigenvalue weighted by Crippen LogP contribution is 2.39. The first-order valence-corrected chi connectivity index (χ1v) is 7.92. The Morgan fingerprint density at radius 1 is 1.12 bits per heavy atom. The molecule has 1 aliphatic heterocycles. The maximum absolute atomic E-state index is 14.2. The summed E-state index contributed by atoms with van der Waals surface area (Å²) in [4.78, 5) is 12.2. The largest absolute Gasteiger partial charge is 0.310 e. The molecule has 0 saturated heterocycles. The molecule has 4 rings (SSSR count). The van der Waals surface area contributed by atoms with Gasteiger partial charge < -0.3 is 5.32 Å². The topological polar surface area (TPSA) is 46.9 Å². The van der Waals surface area contributed by atoms with Crippen LogP contribution in [0.5, 0.6) is 0 Å². The van der Waals surface area contributed by atoms with E-state index in [1.807, 2.05) is 31.2 Å². The van der Waals surface area contributed by atoms with Crippen LogP contribution in [0, 0.1) is 18.6 Å². The number of hydrogen-bond donors (Lipinski definition) is 1. The first-order chi connectivity index (χ1) is 12.0. The molecule has 0 fully saturated rings. The van der Waals surface area contributed by atoms with E-state index in [0.29, 0.717) is 16.9 Å². The van der Waals surface area contributed by atoms with Crippen LogP contribution in [0.25, 0.3) is 5.69 Å². The van der Waals surface area contributed by atoms with Gasteiger partial charge in [0.05, 0.1) is 11.9 Å². The second kappa shape index (κ2) is 5.81. The Morgan fingerprint density at radius 3 is 2.60 bits per heavy atom. The van der Waals surface area contributed by atoms with E-state index in [1.54, 1.807) is 10.9 Å². The highest BCUT2D eigenvalue weighted by Gasteiger charge is 2.32. The number of nitrogens with zero attached hydrogens (tertiary/aromatic N) is 2. The smallest absolute Gasteiger partial charge is 0.226 e. The maximum atomic E-state index is 14.2. The van der Waals surface area contributed by atoms with Crippen molar-refractivity contribution in [1.82, 2.24) is 9.78 Å². The van der Waals surface area contributed by atoms with Gasteiger partial charge in [0.25, 0.3) is 0 Å². The lowest BCUT2D eigenvalue weighted by molar-refractivity contribution is -0.116. The monoisotopic (exact) mass is 339 g/mol. The Hall–Kier alpha value is -3.02. The summed E-state index contributed by atoms with van der Waals surface area (Å²) in [6.07, 6.45) is 1.72. The molecule has 0 saturated carbocycles. The van der Waals surface area contributed by atoms with Crippen molar-refractivity contribution in [2.45, 2.75) is 19.3 Å². The van der Waals surface area contributed by atoms with Gasteiger partial charge in [-0.25, -0.2) is 13.5 Å². The third-order valence-electron chi connectivity index (χ3n) is 4.44. The molecule has 0 spiro atoms. The number of halogens is 2. The minimum absolute atomic E-state index is 0.0924. The van der Waals surface area contributed by atoms with Crippen LogP contribution in [0.3, 0.4) is 0 Å². The number of aryl methyl sites for hydroxylation is 1. The highest BCUT2D eigenvalue weighted by atomic mass is 19.1. The minimum Gasteiger partial charge on any atom is -0.310 e. The van der Waals surface area contributed by atoms with Gasteiger partial charge in [0.2, 0.25) is 5.91 Å². The molecule has 126 valence electrons. The second-order valence-electron chi connectivity index (χ2n) is 6.17. The number of carbonyl (C=O) groups is 1. The molecule has 0 aliphatic carbocycles. The Bertz CT molecular complexity index is 963. The number of anilines is 1. The van der Waals surface area contributed by atoms with Gasteiger partial charge in [-0.3, -0.25) is 4.79 Å². The van der Waals surface area contributed by atoms with E-state index in [2.05, 4.69) is 10.4 Å². The first-order valence-electron chi connectivity index (χ1n) is 7.92. The second-order valence-corrected chi connectivity index (χ2v) is 6.17. The molecule has 1 aliphatic rings. The van der Waals surface area contributed by atoms with Crippen LogP contribution < -0.4 is 5.32 Å². The average Bonchev–Trinajstić information content (AvgIpc) is 2.99. The van der Waals surface area contributed by atoms with Crippen LogP contribution in [-0.4, -0.2) is 15.7 Å². The minimum atomic E-state index is -0.659. The molecule has 1 amide bonds. The van der Waals surface area contributed by atoms with E-state index >= 15 is 0 Å². The van der Waals surface area contributed by atoms with Crippen molar-refractivity contribution in [1.29, 1.82) is 0 Å². The SMILES string of the molecule is Cc1ccc(-n2ncc3c2NC(=O)C[C@H]3c2ccc(F)cc2F)cc1. The molecule has 4 nitrogen and oxygen atoms in total.